The monoisotopic (exact) mass is 154 g/mol. The molecule has 0 bridgehead atoms. The Balaban J connectivity index is 3.85. The molecule has 0 heterocycles. The van der Waals surface area contributed by atoms with Crippen molar-refractivity contribution in [2.24, 2.45) is 5.92 Å². The van der Waals surface area contributed by atoms with E-state index in [9.17, 15) is 4.79 Å². The molecule has 2 heteroatoms. The van der Waals surface area contributed by atoms with Gasteiger partial charge < -0.3 is 5.11 Å². The van der Waals surface area contributed by atoms with Crippen LogP contribution in [0, 0.1) is 5.92 Å². The maximum Gasteiger partial charge on any atom is 0.327 e. The smallest absolute Gasteiger partial charge is 0.327 e. The van der Waals surface area contributed by atoms with E-state index in [2.05, 4.69) is 6.58 Å². The van der Waals surface area contributed by atoms with Crippen molar-refractivity contribution in [3.05, 3.63) is 24.8 Å². The Kier molecular flexibility index (Phi) is 5.17. The number of aliphatic carboxylic acids is 1. The molecule has 1 unspecified atom stereocenters. The van der Waals surface area contributed by atoms with Crippen LogP contribution in [-0.4, -0.2) is 11.1 Å². The van der Waals surface area contributed by atoms with Gasteiger partial charge in [0.15, 0.2) is 0 Å². The second-order valence-corrected chi connectivity index (χ2v) is 2.39. The molecule has 0 saturated heterocycles. The Bertz CT molecular complexity index is 159. The molecule has 0 aromatic heterocycles. The van der Waals surface area contributed by atoms with E-state index in [1.165, 1.54) is 6.08 Å². The van der Waals surface area contributed by atoms with Gasteiger partial charge in [0, 0.05) is 6.08 Å². The fourth-order valence-corrected chi connectivity index (χ4v) is 0.814. The van der Waals surface area contributed by atoms with Gasteiger partial charge in [-0.25, -0.2) is 4.79 Å². The third kappa shape index (κ3) is 5.40. The molecule has 0 rings (SSSR count). The lowest BCUT2D eigenvalue weighted by Crippen LogP contribution is -1.94. The predicted octanol–water partition coefficient (Wildman–Crippen LogP) is 2.23. The number of rotatable bonds is 5. The van der Waals surface area contributed by atoms with Gasteiger partial charge >= 0.3 is 5.97 Å². The van der Waals surface area contributed by atoms with Crippen LogP contribution in [0.15, 0.2) is 24.8 Å². The maximum absolute atomic E-state index is 10.1. The van der Waals surface area contributed by atoms with Crippen LogP contribution in [0.5, 0.6) is 0 Å². The van der Waals surface area contributed by atoms with E-state index in [1.54, 1.807) is 12.2 Å². The van der Waals surface area contributed by atoms with Crippen molar-refractivity contribution in [3.8, 4) is 0 Å². The van der Waals surface area contributed by atoms with E-state index in [0.717, 1.165) is 12.8 Å². The van der Waals surface area contributed by atoms with E-state index in [1.807, 2.05) is 6.92 Å². The Labute approximate surface area is 67.2 Å². The number of carbonyl (C=O) groups is 1. The Morgan fingerprint density at radius 2 is 2.36 bits per heavy atom. The van der Waals surface area contributed by atoms with E-state index in [0.29, 0.717) is 5.92 Å². The SMILES string of the molecule is C=CCC(C=CC(=O)O)CC. The highest BCUT2D eigenvalue weighted by Gasteiger charge is 1.98. The first-order valence-electron chi connectivity index (χ1n) is 3.72. The molecule has 0 aliphatic carbocycles. The van der Waals surface area contributed by atoms with Gasteiger partial charge in [-0.05, 0) is 18.8 Å². The molecule has 2 nitrogen and oxygen atoms in total. The van der Waals surface area contributed by atoms with Gasteiger partial charge in [0.25, 0.3) is 0 Å². The second-order valence-electron chi connectivity index (χ2n) is 2.39. The zero-order valence-corrected chi connectivity index (χ0v) is 6.79. The summed E-state index contributed by atoms with van der Waals surface area (Å²) < 4.78 is 0. The molecule has 62 valence electrons. The summed E-state index contributed by atoms with van der Waals surface area (Å²) in [6.45, 7) is 5.62. The minimum atomic E-state index is -0.882. The Hall–Kier alpha value is -1.05. The van der Waals surface area contributed by atoms with Gasteiger partial charge in [-0.2, -0.15) is 0 Å². The first-order chi connectivity index (χ1) is 5.20. The molecule has 0 aromatic carbocycles. The molecule has 1 N–H and O–H groups in total. The number of hydrogen-bond acceptors (Lipinski definition) is 1. The molecule has 0 fully saturated rings. The van der Waals surface area contributed by atoms with Gasteiger partial charge in [0.2, 0.25) is 0 Å². The Morgan fingerprint density at radius 3 is 2.73 bits per heavy atom. The lowest BCUT2D eigenvalue weighted by Gasteiger charge is -2.03. The average molecular weight is 154 g/mol. The molecular formula is C9H14O2. The fraction of sp³-hybridized carbons (Fsp3) is 0.444. The highest BCUT2D eigenvalue weighted by atomic mass is 16.4. The van der Waals surface area contributed by atoms with Crippen molar-refractivity contribution in [1.82, 2.24) is 0 Å². The second kappa shape index (κ2) is 5.71. The van der Waals surface area contributed by atoms with E-state index >= 15 is 0 Å². The highest BCUT2D eigenvalue weighted by molar-refractivity contribution is 5.79. The first kappa shape index (κ1) is 9.95. The zero-order chi connectivity index (χ0) is 8.69. The van der Waals surface area contributed by atoms with E-state index in [-0.39, 0.29) is 0 Å². The van der Waals surface area contributed by atoms with Crippen LogP contribution in [0.2, 0.25) is 0 Å². The van der Waals surface area contributed by atoms with Crippen molar-refractivity contribution in [2.45, 2.75) is 19.8 Å². The summed E-state index contributed by atoms with van der Waals surface area (Å²) >= 11 is 0. The molecule has 0 aliphatic heterocycles. The van der Waals surface area contributed by atoms with Crippen molar-refractivity contribution in [3.63, 3.8) is 0 Å². The third-order valence-corrected chi connectivity index (χ3v) is 1.50. The van der Waals surface area contributed by atoms with Crippen LogP contribution in [-0.2, 0) is 4.79 Å². The van der Waals surface area contributed by atoms with Crippen molar-refractivity contribution >= 4 is 5.97 Å². The summed E-state index contributed by atoms with van der Waals surface area (Å²) in [7, 11) is 0. The lowest BCUT2D eigenvalue weighted by molar-refractivity contribution is -0.131. The van der Waals surface area contributed by atoms with E-state index in [4.69, 9.17) is 5.11 Å². The van der Waals surface area contributed by atoms with Gasteiger partial charge in [-0.15, -0.1) is 6.58 Å². The summed E-state index contributed by atoms with van der Waals surface area (Å²) in [5.41, 5.74) is 0. The summed E-state index contributed by atoms with van der Waals surface area (Å²) in [6.07, 6.45) is 6.51. The molecule has 0 saturated carbocycles. The average Bonchev–Trinajstić information content (AvgIpc) is 1.97. The fourth-order valence-electron chi connectivity index (χ4n) is 0.814. The summed E-state index contributed by atoms with van der Waals surface area (Å²) in [5.74, 6) is -0.559. The van der Waals surface area contributed by atoms with Crippen molar-refractivity contribution in [2.75, 3.05) is 0 Å². The van der Waals surface area contributed by atoms with E-state index < -0.39 is 5.97 Å². The van der Waals surface area contributed by atoms with Crippen LogP contribution in [0.3, 0.4) is 0 Å². The van der Waals surface area contributed by atoms with Crippen LogP contribution in [0.4, 0.5) is 0 Å². The highest BCUT2D eigenvalue weighted by Crippen LogP contribution is 2.09. The predicted molar refractivity (Wildman–Crippen MR) is 45.4 cm³/mol. The van der Waals surface area contributed by atoms with Gasteiger partial charge in [-0.1, -0.05) is 19.1 Å². The normalized spacial score (nSPS) is 13.2. The number of hydrogen-bond donors (Lipinski definition) is 1. The third-order valence-electron chi connectivity index (χ3n) is 1.50. The molecule has 1 atom stereocenters. The standard InChI is InChI=1S/C9H14O2/c1-3-5-8(4-2)6-7-9(10)11/h3,6-8H,1,4-5H2,2H3,(H,10,11). The molecular weight excluding hydrogens is 140 g/mol. The first-order valence-corrected chi connectivity index (χ1v) is 3.72. The van der Waals surface area contributed by atoms with Gasteiger partial charge in [-0.3, -0.25) is 0 Å². The summed E-state index contributed by atoms with van der Waals surface area (Å²) in [6, 6.07) is 0. The molecule has 0 aromatic rings. The van der Waals surface area contributed by atoms with Crippen LogP contribution in [0.1, 0.15) is 19.8 Å². The van der Waals surface area contributed by atoms with Gasteiger partial charge in [0.05, 0.1) is 0 Å². The maximum atomic E-state index is 10.1. The lowest BCUT2D eigenvalue weighted by atomic mass is 10.0. The topological polar surface area (TPSA) is 37.3 Å². The summed E-state index contributed by atoms with van der Waals surface area (Å²) in [4.78, 5) is 10.1. The molecule has 0 radical (unpaired) electrons. The molecule has 0 spiro atoms. The largest absolute Gasteiger partial charge is 0.478 e. The minimum Gasteiger partial charge on any atom is -0.478 e. The molecule has 0 aliphatic rings. The number of allylic oxidation sites excluding steroid dienone is 2. The van der Waals surface area contributed by atoms with Crippen molar-refractivity contribution in [1.29, 1.82) is 0 Å². The van der Waals surface area contributed by atoms with Crippen LogP contribution < -0.4 is 0 Å². The zero-order valence-electron chi connectivity index (χ0n) is 6.79. The van der Waals surface area contributed by atoms with Crippen LogP contribution in [0.25, 0.3) is 0 Å². The minimum absolute atomic E-state index is 0.323. The summed E-state index contributed by atoms with van der Waals surface area (Å²) in [5, 5.41) is 8.31. The van der Waals surface area contributed by atoms with Crippen molar-refractivity contribution < 1.29 is 9.90 Å². The van der Waals surface area contributed by atoms with Crippen LogP contribution >= 0.6 is 0 Å². The van der Waals surface area contributed by atoms with Gasteiger partial charge in [0.1, 0.15) is 0 Å². The molecule has 11 heavy (non-hydrogen) atoms. The number of carboxylic acid groups (broad SMARTS) is 1. The Morgan fingerprint density at radius 1 is 1.73 bits per heavy atom. The number of carboxylic acids is 1. The molecule has 0 amide bonds. The quantitative estimate of drug-likeness (QED) is 0.487.